The van der Waals surface area contributed by atoms with E-state index < -0.39 is 0 Å². The number of aryl methyl sites for hydroxylation is 2. The van der Waals surface area contributed by atoms with E-state index in [1.54, 1.807) is 30.8 Å². The summed E-state index contributed by atoms with van der Waals surface area (Å²) in [5.74, 6) is 1.99. The van der Waals surface area contributed by atoms with Crippen LogP contribution >= 0.6 is 11.3 Å². The second-order valence-corrected chi connectivity index (χ2v) is 9.55. The van der Waals surface area contributed by atoms with Crippen molar-refractivity contribution in [3.05, 3.63) is 75.7 Å². The first-order valence-electron chi connectivity index (χ1n) is 11.1. The highest BCUT2D eigenvalue weighted by Crippen LogP contribution is 2.38. The molecule has 5 rings (SSSR count). The van der Waals surface area contributed by atoms with Gasteiger partial charge in [-0.05, 0) is 50.1 Å². The third-order valence-corrected chi connectivity index (χ3v) is 7.07. The molecule has 1 amide bonds. The number of methoxy groups -OCH3 is 1. The lowest BCUT2D eigenvalue weighted by atomic mass is 10.00. The summed E-state index contributed by atoms with van der Waals surface area (Å²) in [6.45, 7) is 8.11. The minimum atomic E-state index is -0.109. The first-order valence-corrected chi connectivity index (χ1v) is 11.9. The number of amides is 1. The Morgan fingerprint density at radius 2 is 1.89 bits per heavy atom. The third kappa shape index (κ3) is 4.17. The van der Waals surface area contributed by atoms with E-state index in [0.717, 1.165) is 38.9 Å². The van der Waals surface area contributed by atoms with E-state index in [9.17, 15) is 4.79 Å². The zero-order valence-electron chi connectivity index (χ0n) is 20.2. The molecule has 0 radical (unpaired) electrons. The van der Waals surface area contributed by atoms with E-state index in [4.69, 9.17) is 9.84 Å². The van der Waals surface area contributed by atoms with Gasteiger partial charge < -0.3 is 10.1 Å². The summed E-state index contributed by atoms with van der Waals surface area (Å²) < 4.78 is 7.43. The smallest absolute Gasteiger partial charge is 0.253 e. The second kappa shape index (κ2) is 8.95. The SMILES string of the molecule is COc1cncc(CN2N=C(c3ccc(NC(C)=O)cc3)c3c(sc(C)c3C)-n3c(C)nnc32)c1. The number of thiophene rings is 1. The molecule has 4 aromatic rings. The molecule has 10 heteroatoms. The van der Waals surface area contributed by atoms with Crippen LogP contribution in [0.3, 0.4) is 0 Å². The van der Waals surface area contributed by atoms with Crippen molar-refractivity contribution in [2.45, 2.75) is 34.2 Å². The molecule has 35 heavy (non-hydrogen) atoms. The molecule has 0 saturated carbocycles. The summed E-state index contributed by atoms with van der Waals surface area (Å²) >= 11 is 1.70. The molecule has 1 aliphatic heterocycles. The molecule has 4 heterocycles. The fourth-order valence-corrected chi connectivity index (χ4v) is 5.28. The van der Waals surface area contributed by atoms with Gasteiger partial charge in [-0.2, -0.15) is 5.10 Å². The number of rotatable bonds is 5. The Hall–Kier alpha value is -4.05. The fraction of sp³-hybridized carbons (Fsp3) is 0.240. The normalized spacial score (nSPS) is 12.5. The summed E-state index contributed by atoms with van der Waals surface area (Å²) in [7, 11) is 1.62. The van der Waals surface area contributed by atoms with Crippen LogP contribution in [0, 0.1) is 20.8 Å². The number of fused-ring (bicyclic) bond motifs is 3. The van der Waals surface area contributed by atoms with Gasteiger partial charge in [0.25, 0.3) is 5.95 Å². The van der Waals surface area contributed by atoms with Gasteiger partial charge in [-0.15, -0.1) is 21.5 Å². The van der Waals surface area contributed by atoms with Crippen LogP contribution in [-0.4, -0.2) is 38.5 Å². The van der Waals surface area contributed by atoms with E-state index in [1.165, 1.54) is 17.4 Å². The number of aromatic nitrogens is 4. The Morgan fingerprint density at radius 1 is 1.11 bits per heavy atom. The predicted molar refractivity (Wildman–Crippen MR) is 137 cm³/mol. The second-order valence-electron chi connectivity index (χ2n) is 8.34. The van der Waals surface area contributed by atoms with E-state index in [1.807, 2.05) is 42.3 Å². The molecule has 1 aliphatic rings. The van der Waals surface area contributed by atoms with Crippen molar-refractivity contribution in [1.29, 1.82) is 0 Å². The molecule has 3 aromatic heterocycles. The predicted octanol–water partition coefficient (Wildman–Crippen LogP) is 4.39. The van der Waals surface area contributed by atoms with E-state index in [2.05, 4.69) is 38.9 Å². The molecule has 0 unspecified atom stereocenters. The van der Waals surface area contributed by atoms with Crippen LogP contribution in [0.1, 0.15) is 39.9 Å². The Kier molecular flexibility index (Phi) is 5.81. The summed E-state index contributed by atoms with van der Waals surface area (Å²) in [4.78, 5) is 17.0. The largest absolute Gasteiger partial charge is 0.495 e. The van der Waals surface area contributed by atoms with Gasteiger partial charge in [0.2, 0.25) is 5.91 Å². The molecule has 1 N–H and O–H groups in total. The van der Waals surface area contributed by atoms with Crippen LogP contribution in [0.5, 0.6) is 5.75 Å². The molecule has 0 bridgehead atoms. The Bertz CT molecular complexity index is 1450. The Balaban J connectivity index is 1.68. The zero-order chi connectivity index (χ0) is 24.7. The van der Waals surface area contributed by atoms with Crippen LogP contribution in [0.4, 0.5) is 11.6 Å². The van der Waals surface area contributed by atoms with Gasteiger partial charge in [0.05, 0.1) is 19.9 Å². The van der Waals surface area contributed by atoms with E-state index >= 15 is 0 Å². The maximum Gasteiger partial charge on any atom is 0.253 e. The number of pyridine rings is 1. The zero-order valence-corrected chi connectivity index (χ0v) is 21.0. The molecule has 1 aromatic carbocycles. The van der Waals surface area contributed by atoms with E-state index in [-0.39, 0.29) is 5.91 Å². The van der Waals surface area contributed by atoms with Gasteiger partial charge in [-0.1, -0.05) is 12.1 Å². The summed E-state index contributed by atoms with van der Waals surface area (Å²) in [6.07, 6.45) is 3.47. The first-order chi connectivity index (χ1) is 16.9. The van der Waals surface area contributed by atoms with Gasteiger partial charge in [-0.3, -0.25) is 14.3 Å². The van der Waals surface area contributed by atoms with E-state index in [0.29, 0.717) is 18.2 Å². The van der Waals surface area contributed by atoms with Gasteiger partial charge in [0.1, 0.15) is 22.3 Å². The average molecular weight is 488 g/mol. The summed E-state index contributed by atoms with van der Waals surface area (Å²) in [6, 6.07) is 9.67. The topological polar surface area (TPSA) is 97.5 Å². The van der Waals surface area contributed by atoms with Gasteiger partial charge in [-0.25, -0.2) is 5.01 Å². The first kappa shape index (κ1) is 22.7. The van der Waals surface area contributed by atoms with Gasteiger partial charge >= 0.3 is 0 Å². The van der Waals surface area contributed by atoms with Crippen molar-refractivity contribution in [3.8, 4) is 10.8 Å². The third-order valence-electron chi connectivity index (χ3n) is 5.88. The Labute approximate surface area is 207 Å². The number of hydrogen-bond donors (Lipinski definition) is 1. The molecule has 9 nitrogen and oxygen atoms in total. The number of ether oxygens (including phenoxy) is 1. The van der Waals surface area contributed by atoms with Crippen molar-refractivity contribution >= 4 is 34.6 Å². The molecule has 178 valence electrons. The highest BCUT2D eigenvalue weighted by Gasteiger charge is 2.30. The quantitative estimate of drug-likeness (QED) is 0.448. The maximum atomic E-state index is 11.5. The molecular formula is C25H25N7O2S. The molecule has 0 aliphatic carbocycles. The summed E-state index contributed by atoms with van der Waals surface area (Å²) in [5, 5.41) is 19.7. The molecule has 0 fully saturated rings. The number of hydrogen-bond acceptors (Lipinski definition) is 8. The van der Waals surface area contributed by atoms with Crippen LogP contribution < -0.4 is 15.1 Å². The van der Waals surface area contributed by atoms with Crippen molar-refractivity contribution in [2.75, 3.05) is 17.4 Å². The lowest BCUT2D eigenvalue weighted by Gasteiger charge is -2.18. The number of nitrogens with one attached hydrogen (secondary N) is 1. The van der Waals surface area contributed by atoms with Crippen molar-refractivity contribution in [2.24, 2.45) is 5.10 Å². The number of benzene rings is 1. The fourth-order valence-electron chi connectivity index (χ4n) is 4.07. The molecular weight excluding hydrogens is 462 g/mol. The molecule has 0 spiro atoms. The monoisotopic (exact) mass is 487 g/mol. The average Bonchev–Trinajstić information content (AvgIpc) is 3.31. The number of anilines is 2. The number of hydrazone groups is 1. The number of carbonyl (C=O) groups is 1. The van der Waals surface area contributed by atoms with Crippen LogP contribution in [0.2, 0.25) is 0 Å². The minimum Gasteiger partial charge on any atom is -0.495 e. The number of carbonyl (C=O) groups excluding carboxylic acids is 1. The molecule has 0 atom stereocenters. The van der Waals surface area contributed by atoms with Crippen molar-refractivity contribution < 1.29 is 9.53 Å². The van der Waals surface area contributed by atoms with Gasteiger partial charge in [0, 0.05) is 34.8 Å². The lowest BCUT2D eigenvalue weighted by molar-refractivity contribution is -0.114. The minimum absolute atomic E-state index is 0.109. The van der Waals surface area contributed by atoms with Crippen LogP contribution in [0.15, 0.2) is 47.8 Å². The van der Waals surface area contributed by atoms with Gasteiger partial charge in [0.15, 0.2) is 0 Å². The Morgan fingerprint density at radius 3 is 2.60 bits per heavy atom. The van der Waals surface area contributed by atoms with Crippen molar-refractivity contribution in [1.82, 2.24) is 19.7 Å². The van der Waals surface area contributed by atoms with Crippen LogP contribution in [-0.2, 0) is 11.3 Å². The molecule has 0 saturated heterocycles. The standard InChI is InChI=1S/C25H25N7O2S/c1-14-15(2)35-24-22(14)23(19-6-8-20(9-7-19)27-17(4)33)30-31(25-29-28-16(3)32(24)25)13-18-10-21(34-5)12-26-11-18/h6-12H,13H2,1-5H3,(H,27,33). The van der Waals surface area contributed by atoms with Crippen LogP contribution in [0.25, 0.3) is 5.00 Å². The van der Waals surface area contributed by atoms with Crippen molar-refractivity contribution in [3.63, 3.8) is 0 Å². The highest BCUT2D eigenvalue weighted by atomic mass is 32.1. The number of nitrogens with zero attached hydrogens (tertiary/aromatic N) is 6. The summed E-state index contributed by atoms with van der Waals surface area (Å²) in [5.41, 5.74) is 5.65. The maximum absolute atomic E-state index is 11.5. The lowest BCUT2D eigenvalue weighted by Crippen LogP contribution is -2.21. The highest BCUT2D eigenvalue weighted by molar-refractivity contribution is 7.15.